The van der Waals surface area contributed by atoms with Crippen LogP contribution >= 0.6 is 0 Å². The molecule has 3 nitrogen and oxygen atoms in total. The maximum atomic E-state index is 9.13. The van der Waals surface area contributed by atoms with E-state index in [0.717, 1.165) is 0 Å². The van der Waals surface area contributed by atoms with E-state index < -0.39 is 0 Å². The Bertz CT molecular complexity index is 92.3. The number of nitrogens with one attached hydrogen (secondary N) is 1. The fraction of sp³-hybridized carbons (Fsp3) is 1.00. The number of nitrogens with two attached hydrogens (primary N) is 1. The lowest BCUT2D eigenvalue weighted by Crippen LogP contribution is -2.49. The Labute approximate surface area is 69.0 Å². The molecule has 0 heterocycles. The molecule has 0 fully saturated rings. The molecule has 0 aromatic carbocycles. The Balaban J connectivity index is 3.66. The first-order valence-electron chi connectivity index (χ1n) is 4.14. The van der Waals surface area contributed by atoms with E-state index in [0.29, 0.717) is 5.92 Å². The van der Waals surface area contributed by atoms with Gasteiger partial charge in [0.2, 0.25) is 0 Å². The van der Waals surface area contributed by atoms with Gasteiger partial charge in [0.25, 0.3) is 0 Å². The number of hydrogen-bond acceptors (Lipinski definition) is 3. The van der Waals surface area contributed by atoms with E-state index in [1.54, 1.807) is 6.92 Å². The van der Waals surface area contributed by atoms with Crippen molar-refractivity contribution in [2.75, 3.05) is 0 Å². The lowest BCUT2D eigenvalue weighted by Gasteiger charge is -2.24. The molecule has 0 spiro atoms. The van der Waals surface area contributed by atoms with Gasteiger partial charge in [-0.25, -0.2) is 0 Å². The third-order valence-corrected chi connectivity index (χ3v) is 1.90. The maximum absolute atomic E-state index is 9.13. The highest BCUT2D eigenvalue weighted by Crippen LogP contribution is 1.98. The molecule has 11 heavy (non-hydrogen) atoms. The third kappa shape index (κ3) is 4.35. The van der Waals surface area contributed by atoms with Crippen molar-refractivity contribution in [2.24, 2.45) is 11.7 Å². The van der Waals surface area contributed by atoms with Crippen molar-refractivity contribution in [1.29, 1.82) is 0 Å². The van der Waals surface area contributed by atoms with Crippen molar-refractivity contribution in [1.82, 2.24) is 5.32 Å². The first kappa shape index (κ1) is 10.9. The smallest absolute Gasteiger partial charge is 0.0662 e. The molecule has 0 saturated heterocycles. The van der Waals surface area contributed by atoms with Crippen LogP contribution in [0.25, 0.3) is 0 Å². The minimum atomic E-state index is -0.347. The van der Waals surface area contributed by atoms with E-state index in [9.17, 15) is 0 Å². The summed E-state index contributed by atoms with van der Waals surface area (Å²) in [5, 5.41) is 12.2. The lowest BCUT2D eigenvalue weighted by molar-refractivity contribution is 0.141. The first-order valence-corrected chi connectivity index (χ1v) is 4.14. The molecule has 68 valence electrons. The second-order valence-corrected chi connectivity index (χ2v) is 3.47. The van der Waals surface area contributed by atoms with Gasteiger partial charge in [-0.2, -0.15) is 0 Å². The van der Waals surface area contributed by atoms with Crippen LogP contribution in [0, 0.1) is 5.92 Å². The highest BCUT2D eigenvalue weighted by Gasteiger charge is 2.13. The Morgan fingerprint density at radius 2 is 1.64 bits per heavy atom. The monoisotopic (exact) mass is 160 g/mol. The van der Waals surface area contributed by atoms with Gasteiger partial charge in [-0.1, -0.05) is 13.8 Å². The molecule has 0 saturated carbocycles. The maximum Gasteiger partial charge on any atom is 0.0662 e. The van der Waals surface area contributed by atoms with Crippen LogP contribution in [0.2, 0.25) is 0 Å². The van der Waals surface area contributed by atoms with Gasteiger partial charge < -0.3 is 10.8 Å². The quantitative estimate of drug-likeness (QED) is 0.518. The minimum Gasteiger partial charge on any atom is -0.392 e. The van der Waals surface area contributed by atoms with Crippen LogP contribution in [0.3, 0.4) is 0 Å². The highest BCUT2D eigenvalue weighted by molar-refractivity contribution is 4.72. The van der Waals surface area contributed by atoms with Crippen LogP contribution in [0.1, 0.15) is 27.7 Å². The van der Waals surface area contributed by atoms with Crippen LogP contribution in [-0.4, -0.2) is 23.4 Å². The largest absolute Gasteiger partial charge is 0.392 e. The summed E-state index contributed by atoms with van der Waals surface area (Å²) >= 11 is 0. The van der Waals surface area contributed by atoms with E-state index in [-0.39, 0.29) is 18.3 Å². The Kier molecular flexibility index (Phi) is 4.65. The molecule has 0 aliphatic heterocycles. The predicted octanol–water partition coefficient (Wildman–Crippen LogP) is 0.286. The van der Waals surface area contributed by atoms with E-state index >= 15 is 0 Å². The fourth-order valence-corrected chi connectivity index (χ4v) is 0.635. The summed E-state index contributed by atoms with van der Waals surface area (Å²) in [7, 11) is 0. The van der Waals surface area contributed by atoms with Crippen molar-refractivity contribution in [2.45, 2.75) is 46.0 Å². The average Bonchev–Trinajstić information content (AvgIpc) is 1.87. The summed E-state index contributed by atoms with van der Waals surface area (Å²) in [5.74, 6) is 0.399. The molecule has 0 radical (unpaired) electrons. The minimum absolute atomic E-state index is 0.0281. The number of aliphatic hydroxyl groups excluding tert-OH is 1. The summed E-state index contributed by atoms with van der Waals surface area (Å²) in [5.41, 5.74) is 5.73. The number of hydrogen-bond donors (Lipinski definition) is 3. The highest BCUT2D eigenvalue weighted by atomic mass is 16.3. The summed E-state index contributed by atoms with van der Waals surface area (Å²) in [6, 6.07) is 0.0624. The van der Waals surface area contributed by atoms with E-state index in [1.165, 1.54) is 0 Å². The topological polar surface area (TPSA) is 58.3 Å². The molecule has 0 amide bonds. The van der Waals surface area contributed by atoms with E-state index in [1.807, 2.05) is 20.8 Å². The number of aliphatic hydroxyl groups is 1. The van der Waals surface area contributed by atoms with Gasteiger partial charge in [0.1, 0.15) is 0 Å². The second-order valence-electron chi connectivity index (χ2n) is 3.47. The van der Waals surface area contributed by atoms with Crippen molar-refractivity contribution in [3.8, 4) is 0 Å². The molecule has 3 unspecified atom stereocenters. The van der Waals surface area contributed by atoms with Crippen LogP contribution in [0.5, 0.6) is 0 Å². The fourth-order valence-electron chi connectivity index (χ4n) is 0.635. The van der Waals surface area contributed by atoms with Crippen molar-refractivity contribution in [3.05, 3.63) is 0 Å². The van der Waals surface area contributed by atoms with Crippen molar-refractivity contribution >= 4 is 0 Å². The zero-order chi connectivity index (χ0) is 9.02. The third-order valence-electron chi connectivity index (χ3n) is 1.90. The first-order chi connectivity index (χ1) is 4.95. The molecule has 0 bridgehead atoms. The second kappa shape index (κ2) is 4.70. The Morgan fingerprint density at radius 3 is 1.91 bits per heavy atom. The molecule has 0 aliphatic carbocycles. The van der Waals surface area contributed by atoms with E-state index in [4.69, 9.17) is 10.8 Å². The van der Waals surface area contributed by atoms with Crippen LogP contribution < -0.4 is 11.1 Å². The number of rotatable bonds is 4. The molecule has 3 atom stereocenters. The summed E-state index contributed by atoms with van der Waals surface area (Å²) in [6.45, 7) is 7.77. The Hall–Kier alpha value is -0.120. The van der Waals surface area contributed by atoms with Gasteiger partial charge in [-0.3, -0.25) is 5.32 Å². The van der Waals surface area contributed by atoms with Crippen LogP contribution in [-0.2, 0) is 0 Å². The van der Waals surface area contributed by atoms with Crippen molar-refractivity contribution < 1.29 is 5.11 Å². The van der Waals surface area contributed by atoms with Gasteiger partial charge in [-0.15, -0.1) is 0 Å². The van der Waals surface area contributed by atoms with Crippen LogP contribution in [0.15, 0.2) is 0 Å². The average molecular weight is 160 g/mol. The molecule has 0 aromatic heterocycles. The van der Waals surface area contributed by atoms with Gasteiger partial charge in [0.05, 0.1) is 12.3 Å². The molecule has 0 aromatic rings. The van der Waals surface area contributed by atoms with Crippen molar-refractivity contribution in [3.63, 3.8) is 0 Å². The molecular weight excluding hydrogens is 140 g/mol. The van der Waals surface area contributed by atoms with Gasteiger partial charge in [-0.05, 0) is 19.8 Å². The molecule has 3 heteroatoms. The predicted molar refractivity (Wildman–Crippen MR) is 47.1 cm³/mol. The molecule has 4 N–H and O–H groups in total. The summed E-state index contributed by atoms with van der Waals surface area (Å²) in [4.78, 5) is 0. The SMILES string of the molecule is CC(C)C(N)NC(C)C(C)O. The normalized spacial score (nSPS) is 19.9. The Morgan fingerprint density at radius 1 is 1.18 bits per heavy atom. The van der Waals surface area contributed by atoms with Crippen LogP contribution in [0.4, 0.5) is 0 Å². The van der Waals surface area contributed by atoms with E-state index in [2.05, 4.69) is 5.32 Å². The van der Waals surface area contributed by atoms with Gasteiger partial charge in [0.15, 0.2) is 0 Å². The molecule has 0 rings (SSSR count). The van der Waals surface area contributed by atoms with Gasteiger partial charge in [0, 0.05) is 6.04 Å². The molecule has 0 aliphatic rings. The summed E-state index contributed by atoms with van der Waals surface area (Å²) < 4.78 is 0. The standard InChI is InChI=1S/C8H20N2O/c1-5(2)8(9)10-6(3)7(4)11/h5-8,10-11H,9H2,1-4H3. The zero-order valence-corrected chi connectivity index (χ0v) is 7.83. The zero-order valence-electron chi connectivity index (χ0n) is 7.83. The lowest BCUT2D eigenvalue weighted by atomic mass is 10.1. The van der Waals surface area contributed by atoms with Gasteiger partial charge >= 0.3 is 0 Å². The molecular formula is C8H20N2O. The summed E-state index contributed by atoms with van der Waals surface area (Å²) in [6.07, 6.45) is -0.376.